The van der Waals surface area contributed by atoms with Crippen molar-refractivity contribution >= 4 is 22.4 Å². The van der Waals surface area contributed by atoms with E-state index >= 15 is 0 Å². The van der Waals surface area contributed by atoms with Gasteiger partial charge in [0.25, 0.3) is 0 Å². The molecule has 0 aliphatic carbocycles. The molecule has 0 amide bonds. The Morgan fingerprint density at radius 1 is 1.00 bits per heavy atom. The predicted molar refractivity (Wildman–Crippen MR) is 151 cm³/mol. The van der Waals surface area contributed by atoms with Crippen molar-refractivity contribution in [2.75, 3.05) is 69.3 Å². The summed E-state index contributed by atoms with van der Waals surface area (Å²) in [7, 11) is 1.79. The summed E-state index contributed by atoms with van der Waals surface area (Å²) in [4.78, 5) is 19.4. The highest BCUT2D eigenvalue weighted by Crippen LogP contribution is 2.32. The maximum absolute atomic E-state index is 9.55. The monoisotopic (exact) mass is 511 g/mol. The number of rotatable bonds is 6. The van der Waals surface area contributed by atoms with Crippen molar-refractivity contribution < 1.29 is 4.74 Å². The highest BCUT2D eigenvalue weighted by atomic mass is 16.5. The van der Waals surface area contributed by atoms with Crippen LogP contribution in [0.25, 0.3) is 10.9 Å². The van der Waals surface area contributed by atoms with Crippen molar-refractivity contribution in [2.24, 2.45) is 0 Å². The first kappa shape index (κ1) is 25.1. The van der Waals surface area contributed by atoms with E-state index in [0.29, 0.717) is 23.8 Å². The van der Waals surface area contributed by atoms with E-state index in [0.717, 1.165) is 81.9 Å². The molecule has 2 aromatic heterocycles. The minimum atomic E-state index is 0.320. The van der Waals surface area contributed by atoms with Crippen LogP contribution in [-0.2, 0) is 11.2 Å². The maximum atomic E-state index is 9.55. The van der Waals surface area contributed by atoms with Gasteiger partial charge in [-0.15, -0.1) is 0 Å². The molecule has 0 spiro atoms. The predicted octanol–water partition coefficient (Wildman–Crippen LogP) is 3.16. The van der Waals surface area contributed by atoms with Crippen LogP contribution in [0.15, 0.2) is 48.8 Å². The molecule has 38 heavy (non-hydrogen) atoms. The van der Waals surface area contributed by atoms with Gasteiger partial charge in [0.05, 0.1) is 17.2 Å². The number of aromatic nitrogens is 2. The Balaban J connectivity index is 1.09. The van der Waals surface area contributed by atoms with Gasteiger partial charge in [-0.1, -0.05) is 6.07 Å². The Labute approximate surface area is 225 Å². The summed E-state index contributed by atoms with van der Waals surface area (Å²) in [5.41, 5.74) is 3.93. The van der Waals surface area contributed by atoms with Crippen LogP contribution in [0.2, 0.25) is 0 Å². The molecule has 198 valence electrons. The molecule has 5 heterocycles. The van der Waals surface area contributed by atoms with Gasteiger partial charge in [0.1, 0.15) is 11.9 Å². The number of nitriles is 1. The molecule has 8 heteroatoms. The second-order valence-corrected chi connectivity index (χ2v) is 11.0. The Hall–Kier alpha value is -3.25. The number of piperazine rings is 2. The molecule has 1 aromatic carbocycles. The summed E-state index contributed by atoms with van der Waals surface area (Å²) in [6, 6.07) is 15.8. The van der Waals surface area contributed by atoms with Crippen LogP contribution in [0.3, 0.4) is 0 Å². The highest BCUT2D eigenvalue weighted by Gasteiger charge is 2.36. The summed E-state index contributed by atoms with van der Waals surface area (Å²) < 4.78 is 5.50. The van der Waals surface area contributed by atoms with Gasteiger partial charge in [0.15, 0.2) is 0 Å². The second kappa shape index (κ2) is 10.9. The zero-order valence-electron chi connectivity index (χ0n) is 22.5. The molecule has 3 atom stereocenters. The molecule has 3 aliphatic heterocycles. The average Bonchev–Trinajstić information content (AvgIpc) is 3.45. The normalized spacial score (nSPS) is 24.5. The lowest BCUT2D eigenvalue weighted by atomic mass is 10.0. The Morgan fingerprint density at radius 2 is 1.92 bits per heavy atom. The molecule has 3 aromatic rings. The highest BCUT2D eigenvalue weighted by molar-refractivity contribution is 5.95. The molecular formula is C30H37N7O. The van der Waals surface area contributed by atoms with Crippen LogP contribution in [0.4, 0.5) is 11.5 Å². The summed E-state index contributed by atoms with van der Waals surface area (Å²) >= 11 is 0. The molecule has 3 aliphatic rings. The summed E-state index contributed by atoms with van der Waals surface area (Å²) in [6.45, 7) is 10.6. The number of methoxy groups -OCH3 is 1. The SMILES string of the molecule is COC1CCN(c2ccc(CCN3CCN4C(C)CN(c5ccc(C#N)c6ncccc56)CC4C3)cn2)C1. The number of pyridine rings is 2. The van der Waals surface area contributed by atoms with Crippen molar-refractivity contribution in [3.8, 4) is 6.07 Å². The van der Waals surface area contributed by atoms with Crippen LogP contribution in [0, 0.1) is 11.3 Å². The fraction of sp³-hybridized carbons (Fsp3) is 0.500. The van der Waals surface area contributed by atoms with Crippen molar-refractivity contribution in [3.05, 3.63) is 59.9 Å². The average molecular weight is 512 g/mol. The third kappa shape index (κ3) is 4.94. The van der Waals surface area contributed by atoms with Gasteiger partial charge in [-0.05, 0) is 55.7 Å². The number of benzene rings is 1. The number of hydrogen-bond donors (Lipinski definition) is 0. The fourth-order valence-electron chi connectivity index (χ4n) is 6.52. The van der Waals surface area contributed by atoms with E-state index in [2.05, 4.69) is 68.0 Å². The van der Waals surface area contributed by atoms with Gasteiger partial charge < -0.3 is 19.4 Å². The Morgan fingerprint density at radius 3 is 2.71 bits per heavy atom. The number of fused-ring (bicyclic) bond motifs is 2. The van der Waals surface area contributed by atoms with Gasteiger partial charge in [-0.25, -0.2) is 4.98 Å². The zero-order valence-corrected chi connectivity index (χ0v) is 22.5. The van der Waals surface area contributed by atoms with Gasteiger partial charge in [0.2, 0.25) is 0 Å². The van der Waals surface area contributed by atoms with Crippen LogP contribution in [-0.4, -0.2) is 97.4 Å². The molecule has 3 saturated heterocycles. The molecule has 3 fully saturated rings. The van der Waals surface area contributed by atoms with Crippen molar-refractivity contribution in [2.45, 2.75) is 38.0 Å². The number of hydrogen-bond acceptors (Lipinski definition) is 8. The van der Waals surface area contributed by atoms with E-state index in [1.54, 1.807) is 13.3 Å². The summed E-state index contributed by atoms with van der Waals surface area (Å²) in [5, 5.41) is 10.6. The lowest BCUT2D eigenvalue weighted by molar-refractivity contribution is 0.0356. The lowest BCUT2D eigenvalue weighted by Gasteiger charge is -2.51. The first-order valence-electron chi connectivity index (χ1n) is 13.9. The summed E-state index contributed by atoms with van der Waals surface area (Å²) in [5.74, 6) is 1.06. The molecular weight excluding hydrogens is 474 g/mol. The topological polar surface area (TPSA) is 71.8 Å². The van der Waals surface area contributed by atoms with Crippen molar-refractivity contribution in [1.29, 1.82) is 5.26 Å². The van der Waals surface area contributed by atoms with E-state index < -0.39 is 0 Å². The third-order valence-electron chi connectivity index (χ3n) is 8.63. The standard InChI is InChI=1S/C30H37N7O/c1-22-18-36(28-7-6-24(16-31)30-27(28)4-3-11-32-30)20-25-19-34(14-15-37(22)25)12-9-23-5-8-29(33-17-23)35-13-10-26(21-35)38-2/h3-8,11,17,22,25-26H,9-10,12-15,18-21H2,1-2H3. The van der Waals surface area contributed by atoms with Crippen LogP contribution in [0.5, 0.6) is 0 Å². The van der Waals surface area contributed by atoms with Gasteiger partial charge in [-0.3, -0.25) is 9.88 Å². The molecule has 0 radical (unpaired) electrons. The minimum absolute atomic E-state index is 0.320. The quantitative estimate of drug-likeness (QED) is 0.500. The molecule has 6 rings (SSSR count). The third-order valence-corrected chi connectivity index (χ3v) is 8.63. The number of anilines is 2. The Kier molecular flexibility index (Phi) is 7.16. The largest absolute Gasteiger partial charge is 0.380 e. The van der Waals surface area contributed by atoms with Gasteiger partial charge in [-0.2, -0.15) is 5.26 Å². The fourth-order valence-corrected chi connectivity index (χ4v) is 6.52. The molecule has 0 bridgehead atoms. The van der Waals surface area contributed by atoms with Crippen molar-refractivity contribution in [1.82, 2.24) is 19.8 Å². The van der Waals surface area contributed by atoms with E-state index in [-0.39, 0.29) is 0 Å². The maximum Gasteiger partial charge on any atom is 0.128 e. The van der Waals surface area contributed by atoms with Crippen LogP contribution < -0.4 is 9.80 Å². The Bertz CT molecular complexity index is 1310. The summed E-state index contributed by atoms with van der Waals surface area (Å²) in [6.07, 6.45) is 6.24. The molecule has 0 saturated carbocycles. The van der Waals surface area contributed by atoms with Gasteiger partial charge >= 0.3 is 0 Å². The number of ether oxygens (including phenoxy) is 1. The van der Waals surface area contributed by atoms with E-state index in [9.17, 15) is 5.26 Å². The molecule has 3 unspecified atom stereocenters. The second-order valence-electron chi connectivity index (χ2n) is 11.0. The minimum Gasteiger partial charge on any atom is -0.380 e. The number of nitrogens with zero attached hydrogens (tertiary/aromatic N) is 7. The van der Waals surface area contributed by atoms with E-state index in [1.807, 2.05) is 12.1 Å². The van der Waals surface area contributed by atoms with Crippen LogP contribution in [0.1, 0.15) is 24.5 Å². The molecule has 0 N–H and O–H groups in total. The van der Waals surface area contributed by atoms with Crippen molar-refractivity contribution in [3.63, 3.8) is 0 Å². The lowest BCUT2D eigenvalue weighted by Crippen LogP contribution is -2.65. The van der Waals surface area contributed by atoms with Gasteiger partial charge in [0, 0.05) is 95.0 Å². The van der Waals surface area contributed by atoms with E-state index in [1.165, 1.54) is 11.3 Å². The zero-order chi connectivity index (χ0) is 26.1. The van der Waals surface area contributed by atoms with Crippen LogP contribution >= 0.6 is 0 Å². The smallest absolute Gasteiger partial charge is 0.128 e. The molecule has 8 nitrogen and oxygen atoms in total. The van der Waals surface area contributed by atoms with E-state index in [4.69, 9.17) is 9.72 Å². The first-order valence-corrected chi connectivity index (χ1v) is 13.9. The first-order chi connectivity index (χ1) is 18.6.